The summed E-state index contributed by atoms with van der Waals surface area (Å²) in [6.45, 7) is 9.84. The van der Waals surface area contributed by atoms with Crippen LogP contribution in [-0.2, 0) is 45.3 Å². The Labute approximate surface area is 481 Å². The number of benzene rings is 4. The van der Waals surface area contributed by atoms with E-state index in [1.54, 1.807) is 76.4 Å². The smallest absolute Gasteiger partial charge is 0.251 e. The average molecular weight is 1170 g/mol. The maximum Gasteiger partial charge on any atom is 0.251 e. The van der Waals surface area contributed by atoms with E-state index < -0.39 is 41.1 Å². The minimum Gasteiger partial charge on any atom is -0.391 e. The molecule has 0 aliphatic carbocycles. The number of aliphatic imine (C=N–C) groups is 1. The Kier molecular flexibility index (Phi) is 19.7. The molecule has 3 aromatic heterocycles. The summed E-state index contributed by atoms with van der Waals surface area (Å²) in [5.41, 5.74) is 7.62. The summed E-state index contributed by atoms with van der Waals surface area (Å²) in [6.07, 6.45) is 2.64. The molecule has 0 spiro atoms. The molecule has 4 amide bonds. The lowest BCUT2D eigenvalue weighted by atomic mass is 9.85. The second kappa shape index (κ2) is 26.8. The van der Waals surface area contributed by atoms with Gasteiger partial charge in [-0.05, 0) is 72.0 Å². The largest absolute Gasteiger partial charge is 0.391 e. The number of rotatable bonds is 21. The molecule has 7 aromatic rings. The Morgan fingerprint density at radius 1 is 0.926 bits per heavy atom. The molecular weight excluding hydrogens is 1100 g/mol. The lowest BCUT2D eigenvalue weighted by Gasteiger charge is -2.35. The number of hydrogen-bond donors (Lipinski definition) is 6. The molecule has 4 aromatic carbocycles. The van der Waals surface area contributed by atoms with Crippen LogP contribution in [0.2, 0.25) is 5.02 Å². The van der Waals surface area contributed by atoms with Gasteiger partial charge in [-0.25, -0.2) is 28.4 Å². The van der Waals surface area contributed by atoms with Crippen molar-refractivity contribution < 1.29 is 37.8 Å². The zero-order valence-electron chi connectivity index (χ0n) is 44.8. The van der Waals surface area contributed by atoms with Gasteiger partial charge in [0.2, 0.25) is 23.7 Å². The molecule has 2 aliphatic heterocycles. The number of β-amino-alcohol motifs (C(OH)–C–C–N with tert-alkyl or cyclic N) is 1. The fourth-order valence-corrected chi connectivity index (χ4v) is 10.3. The van der Waals surface area contributed by atoms with E-state index in [9.17, 15) is 33.1 Å². The van der Waals surface area contributed by atoms with Crippen LogP contribution in [0.5, 0.6) is 0 Å². The number of likely N-dealkylation sites (tertiary alicyclic amines) is 1. The highest BCUT2D eigenvalue weighted by Crippen LogP contribution is 2.35. The number of anilines is 2. The molecule has 1 fully saturated rings. The third kappa shape index (κ3) is 14.9. The molecule has 24 heteroatoms. The lowest BCUT2D eigenvalue weighted by Crippen LogP contribution is -2.57. The number of nitrogens with one attached hydrogen (secondary N) is 5. The van der Waals surface area contributed by atoms with Gasteiger partial charge < -0.3 is 41.3 Å². The Morgan fingerprint density at radius 3 is 2.42 bits per heavy atom. The van der Waals surface area contributed by atoms with Crippen molar-refractivity contribution in [2.75, 3.05) is 38.2 Å². The van der Waals surface area contributed by atoms with Crippen molar-refractivity contribution in [2.24, 2.45) is 10.4 Å². The first-order valence-corrected chi connectivity index (χ1v) is 27.3. The standard InChI is InChI=1S/C57H60ClF2N13O6S.ClH/c1-33-51(80-32-66-33)35-10-8-34(9-11-35)26-63-54(77)46-25-41(74)31-73(46)55(78)52(57(2,3)4)68-47(75)18-19-61-20-22-79-23-21-72-30-40(70-71-72)29-64-53(76)36-12-15-39(16-13-36)67-56-65-28-37-27-62-50(48-44(59)6-5-7-45(48)60)43-24-38(58)14-17-42(43)49(37)69-56;/h5-17,24,28,30,32,41,46,52,61,74H,18-23,25-27,29,31H2,1-4H3,(H,63,77)(H,64,76)(H,68,75)(H,65,67,69);1H/t41-,46+,52-;/m1./s1. The highest BCUT2D eigenvalue weighted by Gasteiger charge is 2.44. The molecule has 0 unspecified atom stereocenters. The summed E-state index contributed by atoms with van der Waals surface area (Å²) in [5, 5.41) is 34.3. The van der Waals surface area contributed by atoms with Crippen molar-refractivity contribution in [1.29, 1.82) is 0 Å². The van der Waals surface area contributed by atoms with Crippen LogP contribution >= 0.6 is 35.3 Å². The summed E-state index contributed by atoms with van der Waals surface area (Å²) in [7, 11) is 0. The van der Waals surface area contributed by atoms with Crippen molar-refractivity contribution in [3.8, 4) is 21.7 Å². The lowest BCUT2D eigenvalue weighted by molar-refractivity contribution is -0.144. The number of carbonyl (C=O) groups is 4. The number of aliphatic hydroxyl groups is 1. The quantitative estimate of drug-likeness (QED) is 0.0386. The van der Waals surface area contributed by atoms with Gasteiger partial charge in [0, 0.05) is 78.2 Å². The number of halogens is 4. The molecule has 9 rings (SSSR count). The van der Waals surface area contributed by atoms with Gasteiger partial charge in [0.05, 0.1) is 78.2 Å². The number of aromatic nitrogens is 6. The van der Waals surface area contributed by atoms with E-state index >= 15 is 0 Å². The molecule has 5 heterocycles. The molecular formula is C57H61Cl2F2N13O6S. The van der Waals surface area contributed by atoms with Crippen LogP contribution in [0.4, 0.5) is 20.4 Å². The third-order valence-electron chi connectivity index (χ3n) is 13.5. The first kappa shape index (κ1) is 59.5. The van der Waals surface area contributed by atoms with E-state index in [2.05, 4.69) is 51.9 Å². The SMILES string of the molecule is Cc1ncsc1-c1ccc(CNC(=O)[C@@H]2C[C@@H](O)CN2C(=O)[C@@H](NC(=O)CCNCCOCCn2cc(CNC(=O)c3ccc(Nc4ncc5c(n4)-c4ccc(Cl)cc4C(c4c(F)cccc4F)=NC5)cc3)nn2)C(C)(C)C)cc1.Cl. The molecule has 0 radical (unpaired) electrons. The maximum absolute atomic E-state index is 15.0. The van der Waals surface area contributed by atoms with Gasteiger partial charge in [-0.1, -0.05) is 74.0 Å². The number of hydrogen-bond acceptors (Lipinski definition) is 15. The van der Waals surface area contributed by atoms with Gasteiger partial charge in [-0.3, -0.25) is 24.2 Å². The van der Waals surface area contributed by atoms with Crippen LogP contribution in [0.15, 0.2) is 108 Å². The number of aryl methyl sites for hydroxylation is 1. The summed E-state index contributed by atoms with van der Waals surface area (Å²) < 4.78 is 37.3. The van der Waals surface area contributed by atoms with Gasteiger partial charge in [0.1, 0.15) is 29.4 Å². The molecule has 0 bridgehead atoms. The molecule has 2 aliphatic rings. The zero-order valence-corrected chi connectivity index (χ0v) is 47.2. The normalized spacial score (nSPS) is 15.1. The minimum atomic E-state index is -0.936. The maximum atomic E-state index is 15.0. The van der Waals surface area contributed by atoms with Crippen molar-refractivity contribution in [2.45, 2.75) is 84.9 Å². The second-order valence-electron chi connectivity index (χ2n) is 20.4. The van der Waals surface area contributed by atoms with Crippen molar-refractivity contribution in [1.82, 2.24) is 56.1 Å². The van der Waals surface area contributed by atoms with E-state index in [0.29, 0.717) is 77.2 Å². The van der Waals surface area contributed by atoms with Crippen LogP contribution in [0.1, 0.15) is 77.6 Å². The van der Waals surface area contributed by atoms with Gasteiger partial charge in [0.15, 0.2) is 0 Å². The van der Waals surface area contributed by atoms with E-state index in [-0.39, 0.29) is 86.4 Å². The Hall–Kier alpha value is -7.60. The third-order valence-corrected chi connectivity index (χ3v) is 14.7. The minimum absolute atomic E-state index is 0. The molecule has 424 valence electrons. The van der Waals surface area contributed by atoms with Gasteiger partial charge >= 0.3 is 0 Å². The number of nitrogens with zero attached hydrogens (tertiary/aromatic N) is 8. The summed E-state index contributed by atoms with van der Waals surface area (Å²) in [4.78, 5) is 74.3. The zero-order chi connectivity index (χ0) is 56.5. The molecule has 19 nitrogen and oxygen atoms in total. The van der Waals surface area contributed by atoms with Crippen molar-refractivity contribution >= 4 is 76.3 Å². The molecule has 6 N–H and O–H groups in total. The second-order valence-corrected chi connectivity index (χ2v) is 21.7. The van der Waals surface area contributed by atoms with Crippen LogP contribution in [0.25, 0.3) is 21.7 Å². The van der Waals surface area contributed by atoms with Gasteiger partial charge in [-0.15, -0.1) is 28.8 Å². The van der Waals surface area contributed by atoms with Gasteiger partial charge in [0.25, 0.3) is 5.91 Å². The number of fused-ring (bicyclic) bond motifs is 3. The van der Waals surface area contributed by atoms with Crippen LogP contribution in [0.3, 0.4) is 0 Å². The number of aliphatic hydroxyl groups excluding tert-OH is 1. The Bertz CT molecular complexity index is 3390. The fraction of sp³-hybridized carbons (Fsp3) is 0.333. The molecule has 3 atom stereocenters. The summed E-state index contributed by atoms with van der Waals surface area (Å²) >= 11 is 7.93. The fourth-order valence-electron chi connectivity index (χ4n) is 9.30. The number of ether oxygens (including phenoxy) is 1. The van der Waals surface area contributed by atoms with Crippen molar-refractivity contribution in [3.05, 3.63) is 159 Å². The highest BCUT2D eigenvalue weighted by molar-refractivity contribution is 7.13. The Balaban J connectivity index is 0.00000860. The number of amides is 4. The number of thiazole rings is 1. The molecule has 1 saturated heterocycles. The predicted molar refractivity (Wildman–Crippen MR) is 306 cm³/mol. The topological polar surface area (TPSA) is 243 Å². The van der Waals surface area contributed by atoms with E-state index in [1.807, 2.05) is 52.0 Å². The molecule has 0 saturated carbocycles. The Morgan fingerprint density at radius 2 is 1.69 bits per heavy atom. The molecule has 81 heavy (non-hydrogen) atoms. The van der Waals surface area contributed by atoms with E-state index in [1.165, 1.54) is 23.1 Å². The first-order chi connectivity index (χ1) is 38.5. The van der Waals surface area contributed by atoms with Crippen molar-refractivity contribution in [3.63, 3.8) is 0 Å². The number of carbonyl (C=O) groups excluding carboxylic acids is 4. The van der Waals surface area contributed by atoms with E-state index in [4.69, 9.17) is 21.3 Å². The highest BCUT2D eigenvalue weighted by atomic mass is 35.5. The van der Waals surface area contributed by atoms with E-state index in [0.717, 1.165) is 21.7 Å². The summed E-state index contributed by atoms with van der Waals surface area (Å²) in [6, 6.07) is 21.4. The predicted octanol–water partition coefficient (Wildman–Crippen LogP) is 7.35. The summed E-state index contributed by atoms with van der Waals surface area (Å²) in [5.74, 6) is -2.70. The van der Waals surface area contributed by atoms with Gasteiger partial charge in [-0.2, -0.15) is 0 Å². The van der Waals surface area contributed by atoms with Crippen LogP contribution in [0, 0.1) is 24.0 Å². The monoisotopic (exact) mass is 1160 g/mol. The first-order valence-electron chi connectivity index (χ1n) is 26.0. The van der Waals surface area contributed by atoms with Crippen LogP contribution < -0.4 is 26.6 Å². The van der Waals surface area contributed by atoms with Crippen LogP contribution in [-0.4, -0.2) is 120 Å². The average Bonchev–Trinajstić information content (AvgIpc) is 4.20.